The van der Waals surface area contributed by atoms with E-state index in [1.54, 1.807) is 4.68 Å². The Morgan fingerprint density at radius 3 is 2.83 bits per heavy atom. The highest BCUT2D eigenvalue weighted by molar-refractivity contribution is 5.91. The van der Waals surface area contributed by atoms with Crippen molar-refractivity contribution in [1.82, 2.24) is 9.78 Å². The molecule has 0 amide bonds. The Kier molecular flexibility index (Phi) is 2.48. The van der Waals surface area contributed by atoms with E-state index in [0.717, 1.165) is 23.2 Å². The third kappa shape index (κ3) is 1.72. The Labute approximate surface area is 104 Å². The number of carbonyl (C=O) groups is 1. The van der Waals surface area contributed by atoms with Crippen molar-refractivity contribution in [3.8, 4) is 0 Å². The summed E-state index contributed by atoms with van der Waals surface area (Å²) >= 11 is 0. The zero-order chi connectivity index (χ0) is 12.5. The second-order valence-corrected chi connectivity index (χ2v) is 4.26. The number of allylic oxidation sites excluding steroid dienone is 1. The Bertz CT molecular complexity index is 627. The molecule has 0 saturated carbocycles. The number of carboxylic acid groups (broad SMARTS) is 1. The minimum Gasteiger partial charge on any atom is -0.476 e. The normalized spacial score (nSPS) is 12.7. The fraction of sp³-hybridized carbons (Fsp3) is 0.143. The molecule has 3 rings (SSSR count). The molecule has 0 saturated heterocycles. The van der Waals surface area contributed by atoms with E-state index in [-0.39, 0.29) is 5.69 Å². The van der Waals surface area contributed by atoms with Gasteiger partial charge in [-0.15, -0.1) is 0 Å². The molecule has 1 aliphatic rings. The SMILES string of the molecule is O=C(O)c1nn(Cc2ccccc2)c2c1C=CC2. The van der Waals surface area contributed by atoms with Crippen LogP contribution in [0.3, 0.4) is 0 Å². The summed E-state index contributed by atoms with van der Waals surface area (Å²) in [4.78, 5) is 11.1. The largest absolute Gasteiger partial charge is 0.476 e. The quantitative estimate of drug-likeness (QED) is 0.894. The van der Waals surface area contributed by atoms with Gasteiger partial charge in [0, 0.05) is 12.0 Å². The van der Waals surface area contributed by atoms with E-state index in [0.29, 0.717) is 6.54 Å². The van der Waals surface area contributed by atoms with Crippen LogP contribution in [0.5, 0.6) is 0 Å². The van der Waals surface area contributed by atoms with Gasteiger partial charge in [0.05, 0.1) is 12.2 Å². The van der Waals surface area contributed by atoms with Crippen molar-refractivity contribution in [3.05, 3.63) is 58.9 Å². The molecule has 0 fully saturated rings. The fourth-order valence-corrected chi connectivity index (χ4v) is 2.23. The van der Waals surface area contributed by atoms with Gasteiger partial charge in [-0.05, 0) is 5.56 Å². The number of aromatic carboxylic acids is 1. The minimum absolute atomic E-state index is 0.148. The summed E-state index contributed by atoms with van der Waals surface area (Å²) in [6, 6.07) is 9.92. The van der Waals surface area contributed by atoms with Gasteiger partial charge in [0.2, 0.25) is 0 Å². The lowest BCUT2D eigenvalue weighted by molar-refractivity contribution is 0.0689. The molecule has 1 aromatic carbocycles. The Morgan fingerprint density at radius 1 is 1.33 bits per heavy atom. The van der Waals surface area contributed by atoms with Crippen molar-refractivity contribution in [1.29, 1.82) is 0 Å². The molecule has 0 radical (unpaired) electrons. The summed E-state index contributed by atoms with van der Waals surface area (Å²) in [6.07, 6.45) is 4.57. The zero-order valence-electron chi connectivity index (χ0n) is 9.71. The summed E-state index contributed by atoms with van der Waals surface area (Å²) in [7, 11) is 0. The molecule has 0 atom stereocenters. The molecule has 4 heteroatoms. The lowest BCUT2D eigenvalue weighted by atomic mass is 10.2. The van der Waals surface area contributed by atoms with Gasteiger partial charge in [-0.3, -0.25) is 4.68 Å². The van der Waals surface area contributed by atoms with E-state index < -0.39 is 5.97 Å². The first kappa shape index (κ1) is 10.8. The van der Waals surface area contributed by atoms with Crippen molar-refractivity contribution < 1.29 is 9.90 Å². The second kappa shape index (κ2) is 4.14. The fourth-order valence-electron chi connectivity index (χ4n) is 2.23. The van der Waals surface area contributed by atoms with Gasteiger partial charge in [-0.2, -0.15) is 5.10 Å². The first-order valence-corrected chi connectivity index (χ1v) is 5.79. The first-order valence-electron chi connectivity index (χ1n) is 5.79. The van der Waals surface area contributed by atoms with E-state index in [4.69, 9.17) is 5.11 Å². The van der Waals surface area contributed by atoms with Gasteiger partial charge in [-0.1, -0.05) is 42.5 Å². The molecule has 1 heterocycles. The van der Waals surface area contributed by atoms with Crippen LogP contribution in [0.15, 0.2) is 36.4 Å². The van der Waals surface area contributed by atoms with E-state index >= 15 is 0 Å². The zero-order valence-corrected chi connectivity index (χ0v) is 9.71. The van der Waals surface area contributed by atoms with E-state index in [9.17, 15) is 4.79 Å². The van der Waals surface area contributed by atoms with Crippen molar-refractivity contribution in [3.63, 3.8) is 0 Å². The number of nitrogens with zero attached hydrogens (tertiary/aromatic N) is 2. The number of carboxylic acids is 1. The third-order valence-electron chi connectivity index (χ3n) is 3.07. The van der Waals surface area contributed by atoms with Crippen LogP contribution in [0.1, 0.15) is 27.3 Å². The standard InChI is InChI=1S/C14H12N2O2/c17-14(18)13-11-7-4-8-12(11)16(15-13)9-10-5-2-1-3-6-10/h1-7H,8-9H2,(H,17,18). The minimum atomic E-state index is -0.968. The number of fused-ring (bicyclic) bond motifs is 1. The number of hydrogen-bond acceptors (Lipinski definition) is 2. The maximum atomic E-state index is 11.1. The van der Waals surface area contributed by atoms with Crippen LogP contribution >= 0.6 is 0 Å². The number of rotatable bonds is 3. The van der Waals surface area contributed by atoms with Crippen molar-refractivity contribution in [2.75, 3.05) is 0 Å². The van der Waals surface area contributed by atoms with Crippen LogP contribution in [-0.2, 0) is 13.0 Å². The molecular formula is C14H12N2O2. The summed E-state index contributed by atoms with van der Waals surface area (Å²) in [5.41, 5.74) is 3.00. The monoisotopic (exact) mass is 240 g/mol. The van der Waals surface area contributed by atoms with Crippen molar-refractivity contribution >= 4 is 12.0 Å². The lowest BCUT2D eigenvalue weighted by Gasteiger charge is -2.05. The molecule has 18 heavy (non-hydrogen) atoms. The molecule has 4 nitrogen and oxygen atoms in total. The van der Waals surface area contributed by atoms with Gasteiger partial charge < -0.3 is 5.11 Å². The molecule has 90 valence electrons. The summed E-state index contributed by atoms with van der Waals surface area (Å²) in [6.45, 7) is 0.609. The molecule has 1 aliphatic carbocycles. The lowest BCUT2D eigenvalue weighted by Crippen LogP contribution is -2.07. The van der Waals surface area contributed by atoms with Crippen LogP contribution in [0.2, 0.25) is 0 Å². The Morgan fingerprint density at radius 2 is 2.11 bits per heavy atom. The summed E-state index contributed by atoms with van der Waals surface area (Å²) in [5, 5.41) is 13.3. The maximum absolute atomic E-state index is 11.1. The molecule has 0 spiro atoms. The molecule has 0 aliphatic heterocycles. The van der Waals surface area contributed by atoms with Crippen molar-refractivity contribution in [2.24, 2.45) is 0 Å². The Hall–Kier alpha value is -2.36. The highest BCUT2D eigenvalue weighted by atomic mass is 16.4. The first-order chi connectivity index (χ1) is 8.75. The smallest absolute Gasteiger partial charge is 0.357 e. The highest BCUT2D eigenvalue weighted by Gasteiger charge is 2.22. The summed E-state index contributed by atoms with van der Waals surface area (Å²) in [5.74, 6) is -0.968. The van der Waals surface area contributed by atoms with Gasteiger partial charge >= 0.3 is 5.97 Å². The highest BCUT2D eigenvalue weighted by Crippen LogP contribution is 2.24. The molecule has 1 N–H and O–H groups in total. The number of benzene rings is 1. The average Bonchev–Trinajstić information content (AvgIpc) is 2.94. The van der Waals surface area contributed by atoms with E-state index in [1.165, 1.54) is 0 Å². The molecule has 1 aromatic heterocycles. The van der Waals surface area contributed by atoms with Crippen LogP contribution < -0.4 is 0 Å². The van der Waals surface area contributed by atoms with E-state index in [1.807, 2.05) is 42.5 Å². The van der Waals surface area contributed by atoms with Crippen molar-refractivity contribution in [2.45, 2.75) is 13.0 Å². The predicted octanol–water partition coefficient (Wildman–Crippen LogP) is 2.20. The van der Waals surface area contributed by atoms with Gasteiger partial charge in [0.15, 0.2) is 5.69 Å². The van der Waals surface area contributed by atoms with Crippen LogP contribution in [0, 0.1) is 0 Å². The predicted molar refractivity (Wildman–Crippen MR) is 67.5 cm³/mol. The third-order valence-corrected chi connectivity index (χ3v) is 3.07. The van der Waals surface area contributed by atoms with E-state index in [2.05, 4.69) is 5.10 Å². The molecular weight excluding hydrogens is 228 g/mol. The average molecular weight is 240 g/mol. The van der Waals surface area contributed by atoms with Crippen LogP contribution in [0.25, 0.3) is 6.08 Å². The van der Waals surface area contributed by atoms with Gasteiger partial charge in [-0.25, -0.2) is 4.79 Å². The second-order valence-electron chi connectivity index (χ2n) is 4.26. The van der Waals surface area contributed by atoms with Gasteiger partial charge in [0.25, 0.3) is 0 Å². The molecule has 2 aromatic rings. The summed E-state index contributed by atoms with van der Waals surface area (Å²) < 4.78 is 1.79. The Balaban J connectivity index is 2.00. The van der Waals surface area contributed by atoms with Crippen LogP contribution in [0.4, 0.5) is 0 Å². The van der Waals surface area contributed by atoms with Crippen LogP contribution in [-0.4, -0.2) is 20.9 Å². The number of hydrogen-bond donors (Lipinski definition) is 1. The molecule has 0 unspecified atom stereocenters. The maximum Gasteiger partial charge on any atom is 0.357 e. The number of aromatic nitrogens is 2. The van der Waals surface area contributed by atoms with Gasteiger partial charge in [0.1, 0.15) is 0 Å². The topological polar surface area (TPSA) is 55.1 Å². The molecule has 0 bridgehead atoms.